The van der Waals surface area contributed by atoms with E-state index < -0.39 is 0 Å². The lowest BCUT2D eigenvalue weighted by molar-refractivity contribution is -0.127. The Labute approximate surface area is 181 Å². The molecule has 0 radical (unpaired) electrons. The Morgan fingerprint density at radius 3 is 2.30 bits per heavy atom. The zero-order valence-corrected chi connectivity index (χ0v) is 19.9. The number of carbonyl (C=O) groups excluding carboxylic acids is 1. The summed E-state index contributed by atoms with van der Waals surface area (Å²) in [5, 5.41) is 3.64. The molecule has 8 heteroatoms. The molecule has 7 nitrogen and oxygen atoms in total. The number of halogens is 1. The maximum Gasteiger partial charge on any atom is 0.243 e. The molecule has 0 aromatic rings. The molecule has 158 valence electrons. The molecule has 1 heterocycles. The van der Waals surface area contributed by atoms with Crippen molar-refractivity contribution in [1.29, 1.82) is 0 Å². The summed E-state index contributed by atoms with van der Waals surface area (Å²) in [5.41, 5.74) is 0. The van der Waals surface area contributed by atoms with Gasteiger partial charge in [0.15, 0.2) is 5.96 Å². The molecule has 1 saturated heterocycles. The molecule has 1 saturated carbocycles. The highest BCUT2D eigenvalue weighted by Gasteiger charge is 2.31. The standard InChI is InChI=1S/C19H37N5O2.HI/c1-15-13-23(14-16(2)24(15)10-11-26-5)19(20-12-18(25)22(3)4)21-17-8-6-7-9-17;/h15-17H,6-14H2,1-5H3,(H,20,21);1H. The third kappa shape index (κ3) is 7.38. The molecule has 2 atom stereocenters. The van der Waals surface area contributed by atoms with Crippen LogP contribution in [0.25, 0.3) is 0 Å². The second kappa shape index (κ2) is 12.1. The monoisotopic (exact) mass is 495 g/mol. The molecular formula is C19H38IN5O2. The van der Waals surface area contributed by atoms with Crippen LogP contribution in [0, 0.1) is 0 Å². The first-order valence-electron chi connectivity index (χ1n) is 9.93. The van der Waals surface area contributed by atoms with Crippen molar-refractivity contribution in [1.82, 2.24) is 20.0 Å². The summed E-state index contributed by atoms with van der Waals surface area (Å²) in [5.74, 6) is 0.938. The van der Waals surface area contributed by atoms with Gasteiger partial charge in [-0.05, 0) is 26.7 Å². The van der Waals surface area contributed by atoms with Crippen LogP contribution in [0.3, 0.4) is 0 Å². The molecule has 2 fully saturated rings. The zero-order chi connectivity index (χ0) is 19.1. The molecule has 0 spiro atoms. The first kappa shape index (κ1) is 24.4. The lowest BCUT2D eigenvalue weighted by Gasteiger charge is -2.45. The second-order valence-corrected chi connectivity index (χ2v) is 7.89. The fraction of sp³-hybridized carbons (Fsp3) is 0.895. The van der Waals surface area contributed by atoms with E-state index >= 15 is 0 Å². The van der Waals surface area contributed by atoms with Crippen LogP contribution in [0.5, 0.6) is 0 Å². The average Bonchev–Trinajstić information content (AvgIpc) is 3.10. The molecule has 0 aromatic heterocycles. The van der Waals surface area contributed by atoms with E-state index in [0.717, 1.165) is 32.2 Å². The third-order valence-electron chi connectivity index (χ3n) is 5.51. The summed E-state index contributed by atoms with van der Waals surface area (Å²) in [7, 11) is 5.31. The second-order valence-electron chi connectivity index (χ2n) is 7.89. The van der Waals surface area contributed by atoms with E-state index in [1.165, 1.54) is 25.7 Å². The number of aliphatic imine (C=N–C) groups is 1. The summed E-state index contributed by atoms with van der Waals surface area (Å²) in [6.45, 7) is 8.27. The van der Waals surface area contributed by atoms with Gasteiger partial charge in [0, 0.05) is 59.0 Å². The summed E-state index contributed by atoms with van der Waals surface area (Å²) >= 11 is 0. The molecule has 2 unspecified atom stereocenters. The number of guanidine groups is 1. The van der Waals surface area contributed by atoms with Crippen LogP contribution in [0.4, 0.5) is 0 Å². The molecule has 1 aliphatic carbocycles. The van der Waals surface area contributed by atoms with Crippen LogP contribution in [-0.4, -0.2) is 98.7 Å². The zero-order valence-electron chi connectivity index (χ0n) is 17.6. The van der Waals surface area contributed by atoms with Crippen molar-refractivity contribution in [3.63, 3.8) is 0 Å². The number of piperazine rings is 1. The highest BCUT2D eigenvalue weighted by atomic mass is 127. The van der Waals surface area contributed by atoms with E-state index in [1.54, 1.807) is 26.1 Å². The molecule has 1 amide bonds. The van der Waals surface area contributed by atoms with Gasteiger partial charge in [0.1, 0.15) is 6.54 Å². The van der Waals surface area contributed by atoms with Gasteiger partial charge in [-0.15, -0.1) is 24.0 Å². The number of hydrogen-bond acceptors (Lipinski definition) is 4. The molecule has 0 aromatic carbocycles. The Kier molecular flexibility index (Phi) is 10.9. The predicted molar refractivity (Wildman–Crippen MR) is 121 cm³/mol. The van der Waals surface area contributed by atoms with Crippen LogP contribution in [0.2, 0.25) is 0 Å². The number of nitrogens with zero attached hydrogens (tertiary/aromatic N) is 4. The van der Waals surface area contributed by atoms with E-state index in [1.807, 2.05) is 0 Å². The number of rotatable bonds is 6. The maximum atomic E-state index is 12.0. The minimum Gasteiger partial charge on any atom is -0.383 e. The van der Waals surface area contributed by atoms with Crippen LogP contribution < -0.4 is 5.32 Å². The van der Waals surface area contributed by atoms with Crippen molar-refractivity contribution in [3.05, 3.63) is 0 Å². The quantitative estimate of drug-likeness (QED) is 0.345. The van der Waals surface area contributed by atoms with Gasteiger partial charge in [-0.25, -0.2) is 4.99 Å². The Hall–Kier alpha value is -0.610. The van der Waals surface area contributed by atoms with Gasteiger partial charge in [-0.3, -0.25) is 9.69 Å². The number of hydrogen-bond donors (Lipinski definition) is 1. The predicted octanol–water partition coefficient (Wildman–Crippen LogP) is 1.62. The van der Waals surface area contributed by atoms with Crippen molar-refractivity contribution < 1.29 is 9.53 Å². The average molecular weight is 495 g/mol. The van der Waals surface area contributed by atoms with Crippen molar-refractivity contribution in [2.45, 2.75) is 57.7 Å². The largest absolute Gasteiger partial charge is 0.383 e. The molecule has 27 heavy (non-hydrogen) atoms. The SMILES string of the molecule is COCCN1C(C)CN(C(=NCC(=O)N(C)C)NC2CCCC2)CC1C.I. The lowest BCUT2D eigenvalue weighted by atomic mass is 10.1. The van der Waals surface area contributed by atoms with Crippen LogP contribution >= 0.6 is 24.0 Å². The van der Waals surface area contributed by atoms with Gasteiger partial charge < -0.3 is 19.9 Å². The summed E-state index contributed by atoms with van der Waals surface area (Å²) in [6, 6.07) is 1.34. The van der Waals surface area contributed by atoms with Gasteiger partial charge in [0.25, 0.3) is 0 Å². The van der Waals surface area contributed by atoms with Crippen LogP contribution in [0.1, 0.15) is 39.5 Å². The number of methoxy groups -OCH3 is 1. The van der Waals surface area contributed by atoms with Crippen LogP contribution in [-0.2, 0) is 9.53 Å². The Morgan fingerprint density at radius 1 is 1.19 bits per heavy atom. The molecule has 1 N–H and O–H groups in total. The Bertz CT molecular complexity index is 471. The minimum atomic E-state index is 0. The Morgan fingerprint density at radius 2 is 1.78 bits per heavy atom. The smallest absolute Gasteiger partial charge is 0.243 e. The molecule has 2 aliphatic rings. The number of nitrogens with one attached hydrogen (secondary N) is 1. The summed E-state index contributed by atoms with van der Waals surface area (Å²) in [6.07, 6.45) is 4.94. The maximum absolute atomic E-state index is 12.0. The highest BCUT2D eigenvalue weighted by molar-refractivity contribution is 14.0. The summed E-state index contributed by atoms with van der Waals surface area (Å²) < 4.78 is 5.26. The molecule has 1 aliphatic heterocycles. The van der Waals surface area contributed by atoms with Crippen LogP contribution in [0.15, 0.2) is 4.99 Å². The van der Waals surface area contributed by atoms with E-state index in [9.17, 15) is 4.79 Å². The molecule has 2 rings (SSSR count). The van der Waals surface area contributed by atoms with E-state index in [0.29, 0.717) is 18.1 Å². The highest BCUT2D eigenvalue weighted by Crippen LogP contribution is 2.20. The number of likely N-dealkylation sites (N-methyl/N-ethyl adjacent to an activating group) is 1. The van der Waals surface area contributed by atoms with E-state index in [2.05, 4.69) is 34.0 Å². The van der Waals surface area contributed by atoms with Gasteiger partial charge in [0.2, 0.25) is 5.91 Å². The topological polar surface area (TPSA) is 60.4 Å². The van der Waals surface area contributed by atoms with E-state index in [4.69, 9.17) is 4.74 Å². The van der Waals surface area contributed by atoms with Crippen molar-refractivity contribution >= 4 is 35.8 Å². The number of carbonyl (C=O) groups is 1. The van der Waals surface area contributed by atoms with E-state index in [-0.39, 0.29) is 36.4 Å². The first-order valence-corrected chi connectivity index (χ1v) is 9.93. The van der Waals surface area contributed by atoms with Gasteiger partial charge >= 0.3 is 0 Å². The number of amides is 1. The fourth-order valence-electron chi connectivity index (χ4n) is 3.94. The summed E-state index contributed by atoms with van der Waals surface area (Å²) in [4.78, 5) is 23.1. The van der Waals surface area contributed by atoms with Gasteiger partial charge in [-0.1, -0.05) is 12.8 Å². The minimum absolute atomic E-state index is 0. The van der Waals surface area contributed by atoms with Gasteiger partial charge in [-0.2, -0.15) is 0 Å². The lowest BCUT2D eigenvalue weighted by Crippen LogP contribution is -2.61. The molecule has 0 bridgehead atoms. The Balaban J connectivity index is 0.00000364. The van der Waals surface area contributed by atoms with Crippen molar-refractivity contribution in [2.24, 2.45) is 4.99 Å². The molecular weight excluding hydrogens is 457 g/mol. The van der Waals surface area contributed by atoms with Crippen molar-refractivity contribution in [2.75, 3.05) is 54.0 Å². The third-order valence-corrected chi connectivity index (χ3v) is 5.51. The van der Waals surface area contributed by atoms with Gasteiger partial charge in [0.05, 0.1) is 6.61 Å². The first-order chi connectivity index (χ1) is 12.4. The number of ether oxygens (including phenoxy) is 1. The fourth-order valence-corrected chi connectivity index (χ4v) is 3.94. The normalized spacial score (nSPS) is 24.6. The van der Waals surface area contributed by atoms with Crippen molar-refractivity contribution in [3.8, 4) is 0 Å².